The second kappa shape index (κ2) is 2.86. The molecule has 1 N–H and O–H groups in total. The lowest BCUT2D eigenvalue weighted by atomic mass is 10.3. The molecule has 0 saturated heterocycles. The molecule has 1 amide bonds. The largest absolute Gasteiger partial charge is 0.310 e. The van der Waals surface area contributed by atoms with E-state index in [4.69, 9.17) is 0 Å². The van der Waals surface area contributed by atoms with E-state index in [2.05, 4.69) is 9.69 Å². The molecule has 1 aliphatic rings. The van der Waals surface area contributed by atoms with E-state index < -0.39 is 0 Å². The fourth-order valence-corrected chi connectivity index (χ4v) is 2.39. The molecule has 0 spiro atoms. The Morgan fingerprint density at radius 3 is 3.17 bits per heavy atom. The maximum Gasteiger partial charge on any atom is 0.222 e. The van der Waals surface area contributed by atoms with Crippen LogP contribution in [0.1, 0.15) is 23.8 Å². The molecule has 12 heavy (non-hydrogen) atoms. The minimum atomic E-state index is -0.0324. The zero-order chi connectivity index (χ0) is 8.55. The van der Waals surface area contributed by atoms with Gasteiger partial charge in [0.15, 0.2) is 0 Å². The average molecular weight is 182 g/mol. The zero-order valence-corrected chi connectivity index (χ0v) is 7.70. The number of aryl methyl sites for hydroxylation is 1. The number of fused-ring (bicyclic) bond motifs is 1. The number of nitrogens with zero attached hydrogens (tertiary/aromatic N) is 1. The van der Waals surface area contributed by atoms with Gasteiger partial charge in [-0.05, 0) is 30.8 Å². The Kier molecular flexibility index (Phi) is 1.84. The monoisotopic (exact) mass is 182 g/mol. The van der Waals surface area contributed by atoms with Crippen molar-refractivity contribution in [3.63, 3.8) is 0 Å². The van der Waals surface area contributed by atoms with Crippen LogP contribution in [-0.4, -0.2) is 10.3 Å². The molecular weight excluding hydrogens is 172 g/mol. The topological polar surface area (TPSA) is 42.0 Å². The summed E-state index contributed by atoms with van der Waals surface area (Å²) in [4.78, 5) is 12.1. The molecule has 0 unspecified atom stereocenters. The normalized spacial score (nSPS) is 14.4. The van der Waals surface area contributed by atoms with Crippen LogP contribution in [0.15, 0.2) is 0 Å². The van der Waals surface area contributed by atoms with E-state index in [1.165, 1.54) is 35.3 Å². The summed E-state index contributed by atoms with van der Waals surface area (Å²) in [6.07, 6.45) is 3.41. The Hall–Kier alpha value is -0.900. The number of hydrogen-bond acceptors (Lipinski definition) is 3. The van der Waals surface area contributed by atoms with Gasteiger partial charge in [0.1, 0.15) is 5.82 Å². The van der Waals surface area contributed by atoms with Crippen LogP contribution in [0.25, 0.3) is 0 Å². The van der Waals surface area contributed by atoms with E-state index in [9.17, 15) is 4.79 Å². The lowest BCUT2D eigenvalue weighted by molar-refractivity contribution is -0.114. The molecule has 0 aromatic carbocycles. The van der Waals surface area contributed by atoms with E-state index in [-0.39, 0.29) is 5.91 Å². The molecule has 0 bridgehead atoms. The lowest BCUT2D eigenvalue weighted by Gasteiger charge is -1.97. The van der Waals surface area contributed by atoms with Crippen LogP contribution in [-0.2, 0) is 17.6 Å². The van der Waals surface area contributed by atoms with Gasteiger partial charge in [-0.3, -0.25) is 4.79 Å². The van der Waals surface area contributed by atoms with Gasteiger partial charge in [-0.25, -0.2) is 0 Å². The predicted octanol–water partition coefficient (Wildman–Crippen LogP) is 1.59. The summed E-state index contributed by atoms with van der Waals surface area (Å²) in [5, 5.41) is 2.75. The SMILES string of the molecule is CC(=O)Nc1nsc2c1CCC2. The highest BCUT2D eigenvalue weighted by atomic mass is 32.1. The number of rotatable bonds is 1. The summed E-state index contributed by atoms with van der Waals surface area (Å²) in [5.74, 6) is 0.759. The van der Waals surface area contributed by atoms with Gasteiger partial charge in [0.25, 0.3) is 0 Å². The lowest BCUT2D eigenvalue weighted by Crippen LogP contribution is -2.07. The van der Waals surface area contributed by atoms with Gasteiger partial charge in [0.05, 0.1) is 0 Å². The van der Waals surface area contributed by atoms with Crippen molar-refractivity contribution in [2.24, 2.45) is 0 Å². The Morgan fingerprint density at radius 2 is 2.42 bits per heavy atom. The molecule has 0 aliphatic heterocycles. The van der Waals surface area contributed by atoms with E-state index in [0.717, 1.165) is 18.7 Å². The van der Waals surface area contributed by atoms with E-state index >= 15 is 0 Å². The number of aromatic nitrogens is 1. The first kappa shape index (κ1) is 7.73. The van der Waals surface area contributed by atoms with Crippen molar-refractivity contribution >= 4 is 23.3 Å². The van der Waals surface area contributed by atoms with Gasteiger partial charge in [-0.1, -0.05) is 0 Å². The number of hydrogen-bond donors (Lipinski definition) is 1. The van der Waals surface area contributed by atoms with Gasteiger partial charge in [0, 0.05) is 17.4 Å². The van der Waals surface area contributed by atoms with Crippen molar-refractivity contribution in [3.05, 3.63) is 10.4 Å². The maximum absolute atomic E-state index is 10.8. The van der Waals surface area contributed by atoms with E-state index in [1.807, 2.05) is 0 Å². The van der Waals surface area contributed by atoms with E-state index in [0.29, 0.717) is 0 Å². The number of amides is 1. The third-order valence-electron chi connectivity index (χ3n) is 1.99. The van der Waals surface area contributed by atoms with Gasteiger partial charge in [0.2, 0.25) is 5.91 Å². The average Bonchev–Trinajstić information content (AvgIpc) is 2.52. The zero-order valence-electron chi connectivity index (χ0n) is 6.89. The summed E-state index contributed by atoms with van der Waals surface area (Å²) in [6.45, 7) is 1.51. The van der Waals surface area contributed by atoms with E-state index in [1.54, 1.807) is 0 Å². The second-order valence-electron chi connectivity index (χ2n) is 2.97. The number of carbonyl (C=O) groups excluding carboxylic acids is 1. The number of carbonyl (C=O) groups is 1. The molecule has 1 aliphatic carbocycles. The summed E-state index contributed by atoms with van der Waals surface area (Å²) >= 11 is 1.52. The Bertz CT molecular complexity index is 319. The first-order valence-electron chi connectivity index (χ1n) is 4.02. The standard InChI is InChI=1S/C8H10N2OS/c1-5(11)9-8-6-3-2-4-7(6)12-10-8/h2-4H2,1H3,(H,9,10,11). The van der Waals surface area contributed by atoms with Gasteiger partial charge in [-0.15, -0.1) is 0 Å². The van der Waals surface area contributed by atoms with Crippen molar-refractivity contribution in [2.75, 3.05) is 5.32 Å². The van der Waals surface area contributed by atoms with Crippen LogP contribution >= 0.6 is 11.5 Å². The third kappa shape index (κ3) is 1.22. The first-order chi connectivity index (χ1) is 5.77. The van der Waals surface area contributed by atoms with Crippen molar-refractivity contribution < 1.29 is 4.79 Å². The third-order valence-corrected chi connectivity index (χ3v) is 2.94. The highest BCUT2D eigenvalue weighted by Gasteiger charge is 2.18. The fourth-order valence-electron chi connectivity index (χ4n) is 1.49. The van der Waals surface area contributed by atoms with Crippen molar-refractivity contribution in [1.82, 2.24) is 4.37 Å². The van der Waals surface area contributed by atoms with Crippen LogP contribution in [0.5, 0.6) is 0 Å². The molecule has 0 fully saturated rings. The fraction of sp³-hybridized carbons (Fsp3) is 0.500. The molecule has 64 valence electrons. The highest BCUT2D eigenvalue weighted by molar-refractivity contribution is 7.06. The molecule has 1 aromatic rings. The molecule has 1 aromatic heterocycles. The maximum atomic E-state index is 10.8. The van der Waals surface area contributed by atoms with Crippen LogP contribution < -0.4 is 5.32 Å². The van der Waals surface area contributed by atoms with Crippen LogP contribution in [0.4, 0.5) is 5.82 Å². The van der Waals surface area contributed by atoms with Crippen molar-refractivity contribution in [2.45, 2.75) is 26.2 Å². The van der Waals surface area contributed by atoms with Crippen molar-refractivity contribution in [3.8, 4) is 0 Å². The predicted molar refractivity (Wildman–Crippen MR) is 48.4 cm³/mol. The molecule has 4 heteroatoms. The second-order valence-corrected chi connectivity index (χ2v) is 3.83. The summed E-state index contributed by atoms with van der Waals surface area (Å²) in [6, 6.07) is 0. The minimum Gasteiger partial charge on any atom is -0.310 e. The summed E-state index contributed by atoms with van der Waals surface area (Å²) < 4.78 is 4.19. The van der Waals surface area contributed by atoms with Gasteiger partial charge >= 0.3 is 0 Å². The Balaban J connectivity index is 2.27. The number of anilines is 1. The first-order valence-corrected chi connectivity index (χ1v) is 4.79. The molecule has 1 heterocycles. The Morgan fingerprint density at radius 1 is 1.58 bits per heavy atom. The summed E-state index contributed by atoms with van der Waals surface area (Å²) in [5.41, 5.74) is 1.26. The minimum absolute atomic E-state index is 0.0324. The Labute approximate surface area is 75.0 Å². The van der Waals surface area contributed by atoms with Gasteiger partial charge in [-0.2, -0.15) is 4.37 Å². The van der Waals surface area contributed by atoms with Crippen LogP contribution in [0.2, 0.25) is 0 Å². The molecule has 0 radical (unpaired) electrons. The smallest absolute Gasteiger partial charge is 0.222 e. The summed E-state index contributed by atoms with van der Waals surface area (Å²) in [7, 11) is 0. The molecule has 0 saturated carbocycles. The molecular formula is C8H10N2OS. The van der Waals surface area contributed by atoms with Crippen molar-refractivity contribution in [1.29, 1.82) is 0 Å². The molecule has 0 atom stereocenters. The highest BCUT2D eigenvalue weighted by Crippen LogP contribution is 2.31. The number of nitrogens with one attached hydrogen (secondary N) is 1. The van der Waals surface area contributed by atoms with Gasteiger partial charge < -0.3 is 5.32 Å². The molecule has 3 nitrogen and oxygen atoms in total. The quantitative estimate of drug-likeness (QED) is 0.716. The van der Waals surface area contributed by atoms with Crippen LogP contribution in [0.3, 0.4) is 0 Å². The molecule has 2 rings (SSSR count). The van der Waals surface area contributed by atoms with Crippen LogP contribution in [0, 0.1) is 0 Å².